The van der Waals surface area contributed by atoms with Gasteiger partial charge in [-0.25, -0.2) is 0 Å². The fourth-order valence-corrected chi connectivity index (χ4v) is 0.577. The van der Waals surface area contributed by atoms with Gasteiger partial charge in [-0.1, -0.05) is 27.7 Å². The molecule has 0 aliphatic rings. The summed E-state index contributed by atoms with van der Waals surface area (Å²) in [6.45, 7) is 8.26. The van der Waals surface area contributed by atoms with Crippen LogP contribution in [0.3, 0.4) is 0 Å². The number of hydrogen-bond donors (Lipinski definition) is 1. The molecular formula is C9H22N2. The van der Waals surface area contributed by atoms with Crippen molar-refractivity contribution >= 4 is 0 Å². The van der Waals surface area contributed by atoms with E-state index in [4.69, 9.17) is 11.0 Å². The summed E-state index contributed by atoms with van der Waals surface area (Å²) < 4.78 is 0. The first-order valence-corrected chi connectivity index (χ1v) is 4.32. The Morgan fingerprint density at radius 1 is 1.36 bits per heavy atom. The third-order valence-corrected chi connectivity index (χ3v) is 1.22. The Morgan fingerprint density at radius 2 is 1.82 bits per heavy atom. The highest BCUT2D eigenvalue weighted by molar-refractivity contribution is 4.85. The standard InChI is InChI=1S/C7H14N2.C2H6.H2/c1-6(2)3-4-7(9)5-8;1-2;/h6-7H,3-4,9H2,1-2H3;1-2H3;1H. The molecule has 0 bridgehead atoms. The Balaban J connectivity index is -0.000000249. The summed E-state index contributed by atoms with van der Waals surface area (Å²) in [6, 6.07) is 1.74. The highest BCUT2D eigenvalue weighted by atomic mass is 14.6. The molecule has 0 aromatic heterocycles. The fourth-order valence-electron chi connectivity index (χ4n) is 0.577. The van der Waals surface area contributed by atoms with Crippen molar-refractivity contribution in [2.75, 3.05) is 0 Å². The van der Waals surface area contributed by atoms with Crippen LogP contribution in [0.15, 0.2) is 0 Å². The van der Waals surface area contributed by atoms with Crippen LogP contribution in [0.4, 0.5) is 0 Å². The normalized spacial score (nSPS) is 11.4. The van der Waals surface area contributed by atoms with Crippen LogP contribution in [0.25, 0.3) is 0 Å². The molecule has 0 saturated carbocycles. The summed E-state index contributed by atoms with van der Waals surface area (Å²) in [5.41, 5.74) is 5.36. The van der Waals surface area contributed by atoms with E-state index in [0.717, 1.165) is 12.8 Å². The molecule has 11 heavy (non-hydrogen) atoms. The predicted octanol–water partition coefficient (Wildman–Crippen LogP) is 2.55. The third-order valence-electron chi connectivity index (χ3n) is 1.22. The van der Waals surface area contributed by atoms with Gasteiger partial charge >= 0.3 is 0 Å². The first-order valence-electron chi connectivity index (χ1n) is 4.32. The predicted molar refractivity (Wildman–Crippen MR) is 51.1 cm³/mol. The van der Waals surface area contributed by atoms with E-state index in [0.29, 0.717) is 5.92 Å². The molecule has 0 heterocycles. The van der Waals surface area contributed by atoms with Gasteiger partial charge in [-0.2, -0.15) is 5.26 Å². The molecule has 0 aliphatic heterocycles. The van der Waals surface area contributed by atoms with Gasteiger partial charge in [0.15, 0.2) is 0 Å². The van der Waals surface area contributed by atoms with E-state index in [1.54, 1.807) is 0 Å². The van der Waals surface area contributed by atoms with Crippen molar-refractivity contribution in [3.8, 4) is 6.07 Å². The fraction of sp³-hybridized carbons (Fsp3) is 0.889. The molecule has 0 spiro atoms. The monoisotopic (exact) mass is 158 g/mol. The second kappa shape index (κ2) is 9.45. The molecule has 1 atom stereocenters. The van der Waals surface area contributed by atoms with Gasteiger partial charge in [0, 0.05) is 1.43 Å². The van der Waals surface area contributed by atoms with Crippen molar-refractivity contribution in [3.63, 3.8) is 0 Å². The van der Waals surface area contributed by atoms with E-state index in [1.807, 2.05) is 19.9 Å². The van der Waals surface area contributed by atoms with Crippen LogP contribution in [0.2, 0.25) is 0 Å². The molecule has 0 amide bonds. The van der Waals surface area contributed by atoms with Gasteiger partial charge in [0.1, 0.15) is 0 Å². The van der Waals surface area contributed by atoms with E-state index >= 15 is 0 Å². The van der Waals surface area contributed by atoms with Crippen molar-refractivity contribution < 1.29 is 1.43 Å². The molecule has 0 rings (SSSR count). The van der Waals surface area contributed by atoms with Crippen LogP contribution in [0, 0.1) is 17.2 Å². The lowest BCUT2D eigenvalue weighted by atomic mass is 10.1. The smallest absolute Gasteiger partial charge is 0.0928 e. The van der Waals surface area contributed by atoms with Gasteiger partial charge in [0.05, 0.1) is 12.1 Å². The molecule has 2 nitrogen and oxygen atoms in total. The average molecular weight is 158 g/mol. The van der Waals surface area contributed by atoms with Crippen molar-refractivity contribution in [3.05, 3.63) is 0 Å². The maximum Gasteiger partial charge on any atom is 0.0928 e. The zero-order valence-electron chi connectivity index (χ0n) is 8.09. The van der Waals surface area contributed by atoms with Crippen LogP contribution in [-0.4, -0.2) is 6.04 Å². The molecule has 1 unspecified atom stereocenters. The van der Waals surface area contributed by atoms with Crippen LogP contribution >= 0.6 is 0 Å². The van der Waals surface area contributed by atoms with E-state index < -0.39 is 0 Å². The Labute approximate surface area is 71.9 Å². The lowest BCUT2D eigenvalue weighted by Gasteiger charge is -2.03. The van der Waals surface area contributed by atoms with Crippen LogP contribution in [0.5, 0.6) is 0 Å². The summed E-state index contributed by atoms with van der Waals surface area (Å²) >= 11 is 0. The second-order valence-corrected chi connectivity index (χ2v) is 2.71. The summed E-state index contributed by atoms with van der Waals surface area (Å²) in [5.74, 6) is 0.657. The zero-order chi connectivity index (χ0) is 9.28. The zero-order valence-corrected chi connectivity index (χ0v) is 8.09. The minimum Gasteiger partial charge on any atom is -0.316 e. The lowest BCUT2D eigenvalue weighted by molar-refractivity contribution is 0.535. The molecule has 0 fully saturated rings. The molecule has 0 saturated heterocycles. The summed E-state index contributed by atoms with van der Waals surface area (Å²) in [5, 5.41) is 8.27. The highest BCUT2D eigenvalue weighted by Gasteiger charge is 2.00. The van der Waals surface area contributed by atoms with Crippen LogP contribution < -0.4 is 5.73 Å². The maximum atomic E-state index is 8.27. The Hall–Kier alpha value is -0.550. The topological polar surface area (TPSA) is 49.8 Å². The van der Waals surface area contributed by atoms with Crippen molar-refractivity contribution in [2.45, 2.75) is 46.6 Å². The third kappa shape index (κ3) is 12.6. The van der Waals surface area contributed by atoms with E-state index in [1.165, 1.54) is 0 Å². The van der Waals surface area contributed by atoms with Gasteiger partial charge in [-0.3, -0.25) is 0 Å². The molecule has 2 N–H and O–H groups in total. The van der Waals surface area contributed by atoms with Crippen molar-refractivity contribution in [1.29, 1.82) is 5.26 Å². The maximum absolute atomic E-state index is 8.27. The molecule has 0 aromatic carbocycles. The molecule has 68 valence electrons. The number of nitriles is 1. The molecule has 0 aromatic rings. The minimum absolute atomic E-state index is 0. The van der Waals surface area contributed by atoms with Crippen LogP contribution in [0.1, 0.15) is 42.0 Å². The van der Waals surface area contributed by atoms with Gasteiger partial charge < -0.3 is 5.73 Å². The Morgan fingerprint density at radius 3 is 2.09 bits per heavy atom. The molecule has 0 radical (unpaired) electrons. The van der Waals surface area contributed by atoms with E-state index in [2.05, 4.69) is 13.8 Å². The first kappa shape index (κ1) is 13.1. The van der Waals surface area contributed by atoms with E-state index in [9.17, 15) is 0 Å². The van der Waals surface area contributed by atoms with Crippen molar-refractivity contribution in [2.24, 2.45) is 11.7 Å². The summed E-state index contributed by atoms with van der Waals surface area (Å²) in [4.78, 5) is 0. The average Bonchev–Trinajstić information content (AvgIpc) is 2.04. The minimum atomic E-state index is -0.257. The van der Waals surface area contributed by atoms with Crippen molar-refractivity contribution in [1.82, 2.24) is 0 Å². The number of nitrogens with two attached hydrogens (primary N) is 1. The largest absolute Gasteiger partial charge is 0.316 e. The molecular weight excluding hydrogens is 136 g/mol. The van der Waals surface area contributed by atoms with Gasteiger partial charge in [-0.15, -0.1) is 0 Å². The summed E-state index contributed by atoms with van der Waals surface area (Å²) in [7, 11) is 0. The molecule has 2 heteroatoms. The van der Waals surface area contributed by atoms with Gasteiger partial charge in [0.25, 0.3) is 0 Å². The summed E-state index contributed by atoms with van der Waals surface area (Å²) in [6.07, 6.45) is 1.88. The molecule has 0 aliphatic carbocycles. The van der Waals surface area contributed by atoms with Crippen LogP contribution in [-0.2, 0) is 0 Å². The van der Waals surface area contributed by atoms with Gasteiger partial charge in [-0.05, 0) is 18.8 Å². The Bertz CT molecular complexity index is 108. The highest BCUT2D eigenvalue weighted by Crippen LogP contribution is 2.04. The quantitative estimate of drug-likeness (QED) is 0.686. The lowest BCUT2D eigenvalue weighted by Crippen LogP contribution is -2.17. The second-order valence-electron chi connectivity index (χ2n) is 2.71. The number of hydrogen-bond acceptors (Lipinski definition) is 2. The number of rotatable bonds is 3. The Kier molecular flexibility index (Phi) is 11.2. The first-order chi connectivity index (χ1) is 5.16. The van der Waals surface area contributed by atoms with E-state index in [-0.39, 0.29) is 7.47 Å². The SMILES string of the molecule is CC.CC(C)CCC(N)C#N.[HH]. The van der Waals surface area contributed by atoms with Gasteiger partial charge in [0.2, 0.25) is 0 Å². The number of nitrogens with zero attached hydrogens (tertiary/aromatic N) is 1.